The van der Waals surface area contributed by atoms with Crippen LogP contribution >= 0.6 is 45.2 Å². The molecule has 0 aliphatic rings. The van der Waals surface area contributed by atoms with Gasteiger partial charge in [0.25, 0.3) is 10.0 Å². The van der Waals surface area contributed by atoms with Crippen molar-refractivity contribution in [3.63, 3.8) is 0 Å². The maximum atomic E-state index is 13.0. The van der Waals surface area contributed by atoms with Gasteiger partial charge < -0.3 is 0 Å². The van der Waals surface area contributed by atoms with Crippen molar-refractivity contribution < 1.29 is 8.42 Å². The molecular weight excluding hydrogens is 536 g/mol. The van der Waals surface area contributed by atoms with Crippen LogP contribution in [0.4, 0.5) is 0 Å². The Labute approximate surface area is 163 Å². The number of rotatable bonds is 4. The Balaban J connectivity index is 2.25. The Bertz CT molecular complexity index is 960. The monoisotopic (exact) mass is 551 g/mol. The van der Waals surface area contributed by atoms with E-state index in [9.17, 15) is 8.42 Å². The fourth-order valence-corrected chi connectivity index (χ4v) is 5.03. The molecule has 0 radical (unpaired) electrons. The van der Waals surface area contributed by atoms with Crippen LogP contribution in [-0.2, 0) is 16.4 Å². The maximum Gasteiger partial charge on any atom is 0.268 e. The zero-order chi connectivity index (χ0) is 16.6. The molecule has 0 amide bonds. The lowest BCUT2D eigenvalue weighted by Gasteiger charge is -2.08. The predicted molar refractivity (Wildman–Crippen MR) is 111 cm³/mol. The quantitative estimate of drug-likeness (QED) is 0.347. The van der Waals surface area contributed by atoms with E-state index in [0.29, 0.717) is 4.90 Å². The van der Waals surface area contributed by atoms with E-state index in [-0.39, 0.29) is 0 Å². The molecule has 0 atom stereocenters. The van der Waals surface area contributed by atoms with Gasteiger partial charge in [0.15, 0.2) is 0 Å². The van der Waals surface area contributed by atoms with E-state index in [1.54, 1.807) is 18.3 Å². The summed E-state index contributed by atoms with van der Waals surface area (Å²) in [5.74, 6) is 0. The van der Waals surface area contributed by atoms with Gasteiger partial charge in [0, 0.05) is 19.6 Å². The molecule has 0 saturated heterocycles. The maximum absolute atomic E-state index is 13.0. The van der Waals surface area contributed by atoms with Gasteiger partial charge in [-0.15, -0.1) is 0 Å². The average molecular weight is 551 g/mol. The molecule has 1 heterocycles. The van der Waals surface area contributed by atoms with Crippen LogP contribution in [-0.4, -0.2) is 16.8 Å². The van der Waals surface area contributed by atoms with Crippen molar-refractivity contribution in [3.05, 3.63) is 63.4 Å². The van der Waals surface area contributed by atoms with Gasteiger partial charge in [0.05, 0.1) is 10.4 Å². The SMILES string of the molecule is Cc1ccc(S(=O)(=O)n2cc(CCI)c3cc(I)ccc32)cc1. The van der Waals surface area contributed by atoms with E-state index >= 15 is 0 Å². The van der Waals surface area contributed by atoms with Crippen molar-refractivity contribution in [2.45, 2.75) is 18.2 Å². The van der Waals surface area contributed by atoms with Gasteiger partial charge in [-0.2, -0.15) is 0 Å². The smallest absolute Gasteiger partial charge is 0.241 e. The van der Waals surface area contributed by atoms with E-state index in [4.69, 9.17) is 0 Å². The lowest BCUT2D eigenvalue weighted by Crippen LogP contribution is -2.11. The van der Waals surface area contributed by atoms with Crippen LogP contribution in [0.3, 0.4) is 0 Å². The number of aryl methyl sites for hydroxylation is 2. The molecule has 0 bridgehead atoms. The Morgan fingerprint density at radius 3 is 2.43 bits per heavy atom. The number of fused-ring (bicyclic) bond motifs is 1. The molecule has 0 saturated carbocycles. The van der Waals surface area contributed by atoms with Crippen molar-refractivity contribution >= 4 is 66.1 Å². The molecule has 0 aliphatic carbocycles. The largest absolute Gasteiger partial charge is 0.268 e. The van der Waals surface area contributed by atoms with Crippen LogP contribution in [0, 0.1) is 10.5 Å². The highest BCUT2D eigenvalue weighted by Crippen LogP contribution is 2.28. The first-order chi connectivity index (χ1) is 10.9. The third-order valence-electron chi connectivity index (χ3n) is 3.76. The minimum atomic E-state index is -3.58. The zero-order valence-corrected chi connectivity index (χ0v) is 17.6. The summed E-state index contributed by atoms with van der Waals surface area (Å²) >= 11 is 4.57. The van der Waals surface area contributed by atoms with Gasteiger partial charge in [-0.3, -0.25) is 0 Å². The van der Waals surface area contributed by atoms with Crippen LogP contribution in [0.25, 0.3) is 10.9 Å². The van der Waals surface area contributed by atoms with E-state index in [2.05, 4.69) is 51.2 Å². The molecule has 0 aliphatic heterocycles. The van der Waals surface area contributed by atoms with Gasteiger partial charge in [-0.1, -0.05) is 40.3 Å². The lowest BCUT2D eigenvalue weighted by molar-refractivity contribution is 0.589. The van der Waals surface area contributed by atoms with Crippen molar-refractivity contribution in [2.24, 2.45) is 0 Å². The average Bonchev–Trinajstić information content (AvgIpc) is 2.87. The van der Waals surface area contributed by atoms with Crippen molar-refractivity contribution in [2.75, 3.05) is 4.43 Å². The van der Waals surface area contributed by atoms with E-state index < -0.39 is 10.0 Å². The highest BCUT2D eigenvalue weighted by molar-refractivity contribution is 14.1. The molecule has 3 rings (SSSR count). The molecule has 2 aromatic carbocycles. The summed E-state index contributed by atoms with van der Waals surface area (Å²) in [6.07, 6.45) is 2.63. The lowest BCUT2D eigenvalue weighted by atomic mass is 10.1. The molecule has 120 valence electrons. The number of hydrogen-bond donors (Lipinski definition) is 0. The van der Waals surface area contributed by atoms with Crippen LogP contribution in [0.1, 0.15) is 11.1 Å². The normalized spacial score (nSPS) is 12.0. The number of aromatic nitrogens is 1. The third-order valence-corrected chi connectivity index (χ3v) is 6.65. The molecular formula is C17H15I2NO2S. The van der Waals surface area contributed by atoms with Crippen molar-refractivity contribution in [1.29, 1.82) is 0 Å². The number of halogens is 2. The Kier molecular flexibility index (Phi) is 5.03. The van der Waals surface area contributed by atoms with Crippen LogP contribution in [0.2, 0.25) is 0 Å². The molecule has 0 N–H and O–H groups in total. The summed E-state index contributed by atoms with van der Waals surface area (Å²) in [6, 6.07) is 12.9. The first-order valence-electron chi connectivity index (χ1n) is 7.11. The highest BCUT2D eigenvalue weighted by Gasteiger charge is 2.21. The molecule has 0 fully saturated rings. The van der Waals surface area contributed by atoms with Gasteiger partial charge in [-0.25, -0.2) is 12.4 Å². The Morgan fingerprint density at radius 1 is 1.09 bits per heavy atom. The number of benzene rings is 2. The molecule has 1 aromatic heterocycles. The highest BCUT2D eigenvalue weighted by atomic mass is 127. The fourth-order valence-electron chi connectivity index (χ4n) is 2.56. The van der Waals surface area contributed by atoms with Crippen LogP contribution in [0.15, 0.2) is 53.6 Å². The summed E-state index contributed by atoms with van der Waals surface area (Å²) < 4.78 is 29.5. The molecule has 23 heavy (non-hydrogen) atoms. The van der Waals surface area contributed by atoms with Gasteiger partial charge >= 0.3 is 0 Å². The molecule has 0 unspecified atom stereocenters. The number of hydrogen-bond acceptors (Lipinski definition) is 2. The second-order valence-corrected chi connectivity index (χ2v) is 9.51. The molecule has 6 heteroatoms. The van der Waals surface area contributed by atoms with Crippen LogP contribution in [0.5, 0.6) is 0 Å². The van der Waals surface area contributed by atoms with E-state index in [1.165, 1.54) is 3.97 Å². The molecule has 3 nitrogen and oxygen atoms in total. The Morgan fingerprint density at radius 2 is 1.78 bits per heavy atom. The standard InChI is InChI=1S/C17H15I2NO2S/c1-12-2-5-15(6-3-12)23(21,22)20-11-13(8-9-18)16-10-14(19)4-7-17(16)20/h2-7,10-11H,8-9H2,1H3. The Hall–Kier alpha value is -0.610. The number of nitrogens with zero attached hydrogens (tertiary/aromatic N) is 1. The fraction of sp³-hybridized carbons (Fsp3) is 0.176. The van der Waals surface area contributed by atoms with Crippen LogP contribution < -0.4 is 0 Å². The second-order valence-electron chi connectivity index (χ2n) is 5.37. The molecule has 3 aromatic rings. The minimum absolute atomic E-state index is 0.319. The van der Waals surface area contributed by atoms with E-state index in [1.807, 2.05) is 31.2 Å². The van der Waals surface area contributed by atoms with Gasteiger partial charge in [0.1, 0.15) is 0 Å². The topological polar surface area (TPSA) is 39.1 Å². The summed E-state index contributed by atoms with van der Waals surface area (Å²) in [5.41, 5.74) is 2.86. The minimum Gasteiger partial charge on any atom is -0.241 e. The summed E-state index contributed by atoms with van der Waals surface area (Å²) in [5, 5.41) is 1.02. The van der Waals surface area contributed by atoms with Gasteiger partial charge in [-0.05, 0) is 71.8 Å². The number of alkyl halides is 1. The van der Waals surface area contributed by atoms with Crippen molar-refractivity contribution in [3.8, 4) is 0 Å². The third kappa shape index (κ3) is 3.30. The molecule has 0 spiro atoms. The summed E-state index contributed by atoms with van der Waals surface area (Å²) in [4.78, 5) is 0.319. The second kappa shape index (κ2) is 6.72. The van der Waals surface area contributed by atoms with Crippen molar-refractivity contribution in [1.82, 2.24) is 3.97 Å². The zero-order valence-electron chi connectivity index (χ0n) is 12.5. The first-order valence-corrected chi connectivity index (χ1v) is 11.2. The summed E-state index contributed by atoms with van der Waals surface area (Å²) in [7, 11) is -3.58. The first kappa shape index (κ1) is 17.2. The summed E-state index contributed by atoms with van der Waals surface area (Å²) in [6.45, 7) is 1.95. The van der Waals surface area contributed by atoms with Gasteiger partial charge in [0.2, 0.25) is 0 Å². The van der Waals surface area contributed by atoms with E-state index in [0.717, 1.165) is 36.4 Å². The predicted octanol–water partition coefficient (Wildman–Crippen LogP) is 4.77.